The highest BCUT2D eigenvalue weighted by Crippen LogP contribution is 2.27. The molecule has 6 N–H and O–H groups in total. The van der Waals surface area contributed by atoms with Crippen molar-refractivity contribution in [2.45, 2.75) is 24.6 Å². The van der Waals surface area contributed by atoms with Gasteiger partial charge in [0.2, 0.25) is 11.8 Å². The molecule has 3 rings (SSSR count). The first-order chi connectivity index (χ1) is 15.8. The van der Waals surface area contributed by atoms with Gasteiger partial charge in [0, 0.05) is 11.3 Å². The van der Waals surface area contributed by atoms with Gasteiger partial charge in [0.05, 0.1) is 26.1 Å². The van der Waals surface area contributed by atoms with Gasteiger partial charge in [-0.25, -0.2) is 0 Å². The maximum atomic E-state index is 12.6. The van der Waals surface area contributed by atoms with E-state index in [0.717, 1.165) is 5.56 Å². The lowest BCUT2D eigenvalue weighted by atomic mass is 10.1. The van der Waals surface area contributed by atoms with Crippen LogP contribution in [0.3, 0.4) is 0 Å². The minimum atomic E-state index is -0.996. The largest absolute Gasteiger partial charge is 0.493 e. The Morgan fingerprint density at radius 1 is 1.09 bits per heavy atom. The number of aryl methyl sites for hydroxylation is 1. The van der Waals surface area contributed by atoms with E-state index in [9.17, 15) is 14.4 Å². The molecular formula is C22H27N5O5S. The van der Waals surface area contributed by atoms with E-state index in [2.05, 4.69) is 21.3 Å². The minimum absolute atomic E-state index is 0.0984. The third-order valence-electron chi connectivity index (χ3n) is 4.91. The van der Waals surface area contributed by atoms with Crippen molar-refractivity contribution in [3.8, 4) is 11.5 Å². The predicted molar refractivity (Wildman–Crippen MR) is 126 cm³/mol. The number of ether oxygens (including phenoxy) is 2. The SMILES string of the molecule is COc1ccc(C(=O)NC2C(=O)NC(SCC(=O)Nc3ccc(C)cc3)NC2N)cc1OC. The molecule has 3 amide bonds. The van der Waals surface area contributed by atoms with E-state index in [4.69, 9.17) is 15.2 Å². The Labute approximate surface area is 196 Å². The molecule has 1 saturated heterocycles. The highest BCUT2D eigenvalue weighted by molar-refractivity contribution is 8.00. The van der Waals surface area contributed by atoms with Gasteiger partial charge in [0.15, 0.2) is 11.5 Å². The first-order valence-corrected chi connectivity index (χ1v) is 11.2. The number of methoxy groups -OCH3 is 2. The molecule has 0 aromatic heterocycles. The predicted octanol–water partition coefficient (Wildman–Crippen LogP) is 0.770. The van der Waals surface area contributed by atoms with E-state index >= 15 is 0 Å². The van der Waals surface area contributed by atoms with Gasteiger partial charge in [-0.15, -0.1) is 11.8 Å². The maximum Gasteiger partial charge on any atom is 0.252 e. The summed E-state index contributed by atoms with van der Waals surface area (Å²) in [6.45, 7) is 1.96. The average Bonchev–Trinajstić information content (AvgIpc) is 2.81. The summed E-state index contributed by atoms with van der Waals surface area (Å²) in [6, 6.07) is 11.1. The molecule has 1 heterocycles. The second kappa shape index (κ2) is 11.0. The lowest BCUT2D eigenvalue weighted by Crippen LogP contribution is -2.70. The second-order valence-electron chi connectivity index (χ2n) is 7.33. The Morgan fingerprint density at radius 3 is 2.42 bits per heavy atom. The zero-order chi connectivity index (χ0) is 24.0. The number of benzene rings is 2. The highest BCUT2D eigenvalue weighted by atomic mass is 32.2. The molecule has 0 bridgehead atoms. The molecule has 2 aromatic rings. The Balaban J connectivity index is 1.52. The summed E-state index contributed by atoms with van der Waals surface area (Å²) < 4.78 is 10.4. The molecule has 10 nitrogen and oxygen atoms in total. The fourth-order valence-corrected chi connectivity index (χ4v) is 3.98. The summed E-state index contributed by atoms with van der Waals surface area (Å²) >= 11 is 1.18. The van der Waals surface area contributed by atoms with Gasteiger partial charge in [-0.1, -0.05) is 17.7 Å². The molecule has 0 saturated carbocycles. The molecular weight excluding hydrogens is 446 g/mol. The molecule has 0 aliphatic carbocycles. The summed E-state index contributed by atoms with van der Waals surface area (Å²) in [5.74, 6) is -0.183. The zero-order valence-corrected chi connectivity index (χ0v) is 19.3. The molecule has 33 heavy (non-hydrogen) atoms. The second-order valence-corrected chi connectivity index (χ2v) is 8.42. The number of hydrogen-bond acceptors (Lipinski definition) is 8. The smallest absolute Gasteiger partial charge is 0.252 e. The zero-order valence-electron chi connectivity index (χ0n) is 18.5. The summed E-state index contributed by atoms with van der Waals surface area (Å²) in [7, 11) is 2.96. The van der Waals surface area contributed by atoms with Crippen molar-refractivity contribution >= 4 is 35.2 Å². The summed E-state index contributed by atoms with van der Waals surface area (Å²) in [5, 5.41) is 11.1. The third kappa shape index (κ3) is 6.37. The van der Waals surface area contributed by atoms with Gasteiger partial charge < -0.3 is 31.2 Å². The van der Waals surface area contributed by atoms with Gasteiger partial charge in [-0.05, 0) is 37.3 Å². The monoisotopic (exact) mass is 473 g/mol. The summed E-state index contributed by atoms with van der Waals surface area (Å²) in [5.41, 5.74) is 7.59. The van der Waals surface area contributed by atoms with Crippen LogP contribution in [0.15, 0.2) is 42.5 Å². The van der Waals surface area contributed by atoms with Crippen molar-refractivity contribution in [1.82, 2.24) is 16.0 Å². The fraction of sp³-hybridized carbons (Fsp3) is 0.318. The van der Waals surface area contributed by atoms with Crippen LogP contribution < -0.4 is 36.5 Å². The number of nitrogens with two attached hydrogens (primary N) is 1. The standard InChI is InChI=1S/C22H27N5O5S/c1-12-4-7-14(8-5-12)24-17(28)11-33-22-26-19(23)18(21(30)27-22)25-20(29)13-6-9-15(31-2)16(10-13)32-3/h4-10,18-19,22,26H,11,23H2,1-3H3,(H,24,28)(H,25,29)(H,27,30). The van der Waals surface area contributed by atoms with Crippen LogP contribution in [0.5, 0.6) is 11.5 Å². The summed E-state index contributed by atoms with van der Waals surface area (Å²) in [6.07, 6.45) is -0.847. The Kier molecular flexibility index (Phi) is 8.15. The number of anilines is 1. The van der Waals surface area contributed by atoms with Crippen LogP contribution in [-0.2, 0) is 9.59 Å². The number of carbonyl (C=O) groups excluding carboxylic acids is 3. The maximum absolute atomic E-state index is 12.6. The van der Waals surface area contributed by atoms with Crippen LogP contribution in [0.25, 0.3) is 0 Å². The van der Waals surface area contributed by atoms with Crippen molar-refractivity contribution < 1.29 is 23.9 Å². The number of thioether (sulfide) groups is 1. The Bertz CT molecular complexity index is 1020. The first-order valence-electron chi connectivity index (χ1n) is 10.1. The molecule has 0 radical (unpaired) electrons. The number of nitrogens with one attached hydrogen (secondary N) is 4. The molecule has 1 aliphatic rings. The quantitative estimate of drug-likeness (QED) is 0.378. The molecule has 1 aliphatic heterocycles. The highest BCUT2D eigenvalue weighted by Gasteiger charge is 2.35. The van der Waals surface area contributed by atoms with Gasteiger partial charge in [-0.2, -0.15) is 0 Å². The third-order valence-corrected chi connectivity index (χ3v) is 5.92. The van der Waals surface area contributed by atoms with E-state index in [1.807, 2.05) is 31.2 Å². The van der Waals surface area contributed by atoms with Crippen LogP contribution in [0, 0.1) is 6.92 Å². The van der Waals surface area contributed by atoms with E-state index in [-0.39, 0.29) is 17.2 Å². The molecule has 3 atom stereocenters. The van der Waals surface area contributed by atoms with Crippen LogP contribution in [-0.4, -0.2) is 55.4 Å². The lowest BCUT2D eigenvalue weighted by molar-refractivity contribution is -0.125. The van der Waals surface area contributed by atoms with Crippen molar-refractivity contribution in [3.63, 3.8) is 0 Å². The minimum Gasteiger partial charge on any atom is -0.493 e. The van der Waals surface area contributed by atoms with Crippen LogP contribution in [0.1, 0.15) is 15.9 Å². The fourth-order valence-electron chi connectivity index (χ4n) is 3.13. The Hall–Kier alpha value is -3.28. The van der Waals surface area contributed by atoms with Crippen LogP contribution in [0.4, 0.5) is 5.69 Å². The van der Waals surface area contributed by atoms with Crippen molar-refractivity contribution in [1.29, 1.82) is 0 Å². The van der Waals surface area contributed by atoms with E-state index in [0.29, 0.717) is 17.2 Å². The van der Waals surface area contributed by atoms with E-state index < -0.39 is 29.5 Å². The Morgan fingerprint density at radius 2 is 1.79 bits per heavy atom. The number of carbonyl (C=O) groups is 3. The molecule has 2 aromatic carbocycles. The van der Waals surface area contributed by atoms with E-state index in [1.165, 1.54) is 32.0 Å². The number of amides is 3. The van der Waals surface area contributed by atoms with Gasteiger partial charge in [-0.3, -0.25) is 19.7 Å². The van der Waals surface area contributed by atoms with Gasteiger partial charge in [0.1, 0.15) is 11.5 Å². The molecule has 1 fully saturated rings. The number of hydrogen-bond donors (Lipinski definition) is 5. The van der Waals surface area contributed by atoms with Crippen molar-refractivity contribution in [3.05, 3.63) is 53.6 Å². The van der Waals surface area contributed by atoms with Gasteiger partial charge in [0.25, 0.3) is 5.91 Å². The van der Waals surface area contributed by atoms with Gasteiger partial charge >= 0.3 is 0 Å². The molecule has 11 heteroatoms. The van der Waals surface area contributed by atoms with Crippen molar-refractivity contribution in [2.75, 3.05) is 25.3 Å². The van der Waals surface area contributed by atoms with Crippen molar-refractivity contribution in [2.24, 2.45) is 5.73 Å². The topological polar surface area (TPSA) is 144 Å². The lowest BCUT2D eigenvalue weighted by Gasteiger charge is -2.35. The average molecular weight is 474 g/mol. The normalized spacial score (nSPS) is 19.9. The number of rotatable bonds is 8. The first kappa shape index (κ1) is 24.4. The summed E-state index contributed by atoms with van der Waals surface area (Å²) in [4.78, 5) is 37.4. The van der Waals surface area contributed by atoms with Crippen LogP contribution >= 0.6 is 11.8 Å². The molecule has 0 spiro atoms. The van der Waals surface area contributed by atoms with E-state index in [1.54, 1.807) is 12.1 Å². The molecule has 176 valence electrons. The molecule has 3 unspecified atom stereocenters. The van der Waals surface area contributed by atoms with Crippen LogP contribution in [0.2, 0.25) is 0 Å².